The molecule has 3 heteroatoms. The predicted octanol–water partition coefficient (Wildman–Crippen LogP) is 4.24. The Morgan fingerprint density at radius 1 is 1.25 bits per heavy atom. The zero-order chi connectivity index (χ0) is 11.3. The number of hydrogen-bond acceptors (Lipinski definition) is 1. The molecule has 16 heavy (non-hydrogen) atoms. The van der Waals surface area contributed by atoms with Crippen molar-refractivity contribution in [3.8, 4) is 0 Å². The number of rotatable bonds is 5. The van der Waals surface area contributed by atoms with Gasteiger partial charge in [0.15, 0.2) is 0 Å². The van der Waals surface area contributed by atoms with Gasteiger partial charge in [-0.3, -0.25) is 0 Å². The number of azide groups is 1. The van der Waals surface area contributed by atoms with Crippen molar-refractivity contribution in [3.63, 3.8) is 0 Å². The standard InChI is InChI=1S/C13H17N3/c14-16-15-13(10-5-11-13)9-4-8-12-6-2-1-3-7-12/h1-3,6-7H,4-5,8-11H2. The van der Waals surface area contributed by atoms with Crippen LogP contribution in [0.3, 0.4) is 0 Å². The lowest BCUT2D eigenvalue weighted by Gasteiger charge is -2.37. The van der Waals surface area contributed by atoms with E-state index in [4.69, 9.17) is 5.53 Å². The second-order valence-electron chi connectivity index (χ2n) is 4.61. The molecule has 0 unspecified atom stereocenters. The van der Waals surface area contributed by atoms with Crippen LogP contribution < -0.4 is 0 Å². The molecule has 0 heterocycles. The molecule has 1 aliphatic rings. The van der Waals surface area contributed by atoms with E-state index in [0.717, 1.165) is 32.1 Å². The Morgan fingerprint density at radius 3 is 2.56 bits per heavy atom. The van der Waals surface area contributed by atoms with Gasteiger partial charge in [0.2, 0.25) is 0 Å². The Morgan fingerprint density at radius 2 is 2.00 bits per heavy atom. The summed E-state index contributed by atoms with van der Waals surface area (Å²) in [6.07, 6.45) is 6.60. The predicted molar refractivity (Wildman–Crippen MR) is 65.1 cm³/mol. The summed E-state index contributed by atoms with van der Waals surface area (Å²) >= 11 is 0. The molecule has 0 radical (unpaired) electrons. The minimum atomic E-state index is -0.0382. The summed E-state index contributed by atoms with van der Waals surface area (Å²) in [4.78, 5) is 2.98. The fraction of sp³-hybridized carbons (Fsp3) is 0.538. The van der Waals surface area contributed by atoms with Gasteiger partial charge in [0.1, 0.15) is 0 Å². The van der Waals surface area contributed by atoms with E-state index < -0.39 is 0 Å². The number of hydrogen-bond donors (Lipinski definition) is 0. The summed E-state index contributed by atoms with van der Waals surface area (Å²) < 4.78 is 0. The molecule has 1 fully saturated rings. The van der Waals surface area contributed by atoms with Crippen LogP contribution in [0.5, 0.6) is 0 Å². The first-order valence-corrected chi connectivity index (χ1v) is 5.95. The highest BCUT2D eigenvalue weighted by Gasteiger charge is 2.35. The van der Waals surface area contributed by atoms with Crippen molar-refractivity contribution >= 4 is 0 Å². The molecule has 1 saturated carbocycles. The first-order chi connectivity index (χ1) is 7.85. The molecule has 1 aliphatic carbocycles. The molecule has 0 N–H and O–H groups in total. The van der Waals surface area contributed by atoms with Crippen LogP contribution in [0, 0.1) is 0 Å². The topological polar surface area (TPSA) is 48.8 Å². The maximum atomic E-state index is 8.54. The van der Waals surface area contributed by atoms with E-state index in [1.165, 1.54) is 12.0 Å². The van der Waals surface area contributed by atoms with E-state index in [0.29, 0.717) is 0 Å². The Labute approximate surface area is 96.1 Å². The van der Waals surface area contributed by atoms with Gasteiger partial charge in [0.25, 0.3) is 0 Å². The SMILES string of the molecule is [N-]=[N+]=NC1(CCCc2ccccc2)CCC1. The monoisotopic (exact) mass is 215 g/mol. The average Bonchev–Trinajstić information content (AvgIpc) is 2.27. The van der Waals surface area contributed by atoms with E-state index in [-0.39, 0.29) is 5.54 Å². The van der Waals surface area contributed by atoms with Gasteiger partial charge in [0, 0.05) is 10.5 Å². The van der Waals surface area contributed by atoms with Gasteiger partial charge in [-0.1, -0.05) is 41.9 Å². The fourth-order valence-corrected chi connectivity index (χ4v) is 2.35. The molecule has 1 aromatic rings. The third kappa shape index (κ3) is 2.56. The maximum Gasteiger partial charge on any atom is 0.0488 e. The van der Waals surface area contributed by atoms with Crippen molar-refractivity contribution < 1.29 is 0 Å². The smallest absolute Gasteiger partial charge is 0.0488 e. The molecular weight excluding hydrogens is 198 g/mol. The highest BCUT2D eigenvalue weighted by atomic mass is 15.2. The van der Waals surface area contributed by atoms with E-state index in [1.54, 1.807) is 0 Å². The van der Waals surface area contributed by atoms with Gasteiger partial charge >= 0.3 is 0 Å². The van der Waals surface area contributed by atoms with Crippen LogP contribution >= 0.6 is 0 Å². The third-order valence-electron chi connectivity index (χ3n) is 3.49. The summed E-state index contributed by atoms with van der Waals surface area (Å²) in [5.74, 6) is 0. The molecule has 1 aromatic carbocycles. The fourth-order valence-electron chi connectivity index (χ4n) is 2.35. The Kier molecular flexibility index (Phi) is 3.47. The molecule has 2 rings (SSSR count). The van der Waals surface area contributed by atoms with Gasteiger partial charge in [-0.15, -0.1) is 0 Å². The molecule has 84 valence electrons. The van der Waals surface area contributed by atoms with E-state index in [9.17, 15) is 0 Å². The van der Waals surface area contributed by atoms with Crippen LogP contribution in [0.2, 0.25) is 0 Å². The van der Waals surface area contributed by atoms with Crippen molar-refractivity contribution in [3.05, 3.63) is 46.3 Å². The van der Waals surface area contributed by atoms with Crippen LogP contribution in [0.25, 0.3) is 10.4 Å². The summed E-state index contributed by atoms with van der Waals surface area (Å²) in [7, 11) is 0. The van der Waals surface area contributed by atoms with E-state index in [2.05, 4.69) is 34.3 Å². The van der Waals surface area contributed by atoms with Crippen molar-refractivity contribution in [2.24, 2.45) is 5.11 Å². The zero-order valence-electron chi connectivity index (χ0n) is 9.47. The first kappa shape index (κ1) is 11.0. The van der Waals surface area contributed by atoms with E-state index >= 15 is 0 Å². The molecule has 0 spiro atoms. The largest absolute Gasteiger partial charge is 0.0873 e. The quantitative estimate of drug-likeness (QED) is 0.400. The minimum absolute atomic E-state index is 0.0382. The van der Waals surface area contributed by atoms with Gasteiger partial charge in [-0.25, -0.2) is 0 Å². The molecule has 0 bridgehead atoms. The number of aryl methyl sites for hydroxylation is 1. The molecular formula is C13H17N3. The molecule has 0 saturated heterocycles. The van der Waals surface area contributed by atoms with Crippen molar-refractivity contribution in [2.75, 3.05) is 0 Å². The Bertz CT molecular complexity index is 375. The minimum Gasteiger partial charge on any atom is -0.0873 e. The average molecular weight is 215 g/mol. The Balaban J connectivity index is 1.81. The second kappa shape index (κ2) is 5.04. The van der Waals surface area contributed by atoms with E-state index in [1.807, 2.05) is 6.07 Å². The molecule has 0 amide bonds. The highest BCUT2D eigenvalue weighted by molar-refractivity contribution is 5.14. The lowest BCUT2D eigenvalue weighted by Crippen LogP contribution is -2.34. The number of nitrogens with zero attached hydrogens (tertiary/aromatic N) is 3. The summed E-state index contributed by atoms with van der Waals surface area (Å²) in [5, 5.41) is 3.97. The number of benzene rings is 1. The zero-order valence-corrected chi connectivity index (χ0v) is 9.47. The van der Waals surface area contributed by atoms with Gasteiger partial charge in [-0.05, 0) is 43.2 Å². The third-order valence-corrected chi connectivity index (χ3v) is 3.49. The second-order valence-corrected chi connectivity index (χ2v) is 4.61. The summed E-state index contributed by atoms with van der Waals surface area (Å²) in [6, 6.07) is 10.5. The van der Waals surface area contributed by atoms with Crippen molar-refractivity contribution in [1.29, 1.82) is 0 Å². The van der Waals surface area contributed by atoms with Gasteiger partial charge in [-0.2, -0.15) is 0 Å². The van der Waals surface area contributed by atoms with Crippen molar-refractivity contribution in [2.45, 2.75) is 44.1 Å². The van der Waals surface area contributed by atoms with Crippen LogP contribution in [0.1, 0.15) is 37.7 Å². The lowest BCUT2D eigenvalue weighted by atomic mass is 9.74. The van der Waals surface area contributed by atoms with Crippen LogP contribution in [-0.4, -0.2) is 5.54 Å². The molecule has 3 nitrogen and oxygen atoms in total. The van der Waals surface area contributed by atoms with Gasteiger partial charge < -0.3 is 0 Å². The normalized spacial score (nSPS) is 17.2. The first-order valence-electron chi connectivity index (χ1n) is 5.95. The Hall–Kier alpha value is -1.47. The lowest BCUT2D eigenvalue weighted by molar-refractivity contribution is 0.227. The maximum absolute atomic E-state index is 8.54. The van der Waals surface area contributed by atoms with Crippen LogP contribution in [0.4, 0.5) is 0 Å². The molecule has 0 aliphatic heterocycles. The summed E-state index contributed by atoms with van der Waals surface area (Å²) in [6.45, 7) is 0. The van der Waals surface area contributed by atoms with Gasteiger partial charge in [0.05, 0.1) is 0 Å². The molecule has 0 aromatic heterocycles. The highest BCUT2D eigenvalue weighted by Crippen LogP contribution is 2.40. The van der Waals surface area contributed by atoms with Crippen molar-refractivity contribution in [1.82, 2.24) is 0 Å². The van der Waals surface area contributed by atoms with Crippen LogP contribution in [0.15, 0.2) is 35.4 Å². The van der Waals surface area contributed by atoms with Crippen LogP contribution in [-0.2, 0) is 6.42 Å². The summed E-state index contributed by atoms with van der Waals surface area (Å²) in [5.41, 5.74) is 9.88. The molecule has 0 atom stereocenters.